The van der Waals surface area contributed by atoms with E-state index in [0.29, 0.717) is 52.4 Å². The van der Waals surface area contributed by atoms with E-state index in [4.69, 9.17) is 21.1 Å². The Hall–Kier alpha value is -3.18. The van der Waals surface area contributed by atoms with Crippen LogP contribution < -0.4 is 9.47 Å². The summed E-state index contributed by atoms with van der Waals surface area (Å²) >= 11 is 7.06. The summed E-state index contributed by atoms with van der Waals surface area (Å²) in [5.41, 5.74) is 2.55. The molecule has 11 heteroatoms. The van der Waals surface area contributed by atoms with E-state index < -0.39 is 12.2 Å². The van der Waals surface area contributed by atoms with Crippen LogP contribution in [0.15, 0.2) is 42.6 Å². The molecule has 1 aromatic carbocycles. The fraction of sp³-hybridized carbons (Fsp3) is 0.346. The van der Waals surface area contributed by atoms with Gasteiger partial charge in [0, 0.05) is 31.9 Å². The molecule has 194 valence electrons. The number of piperidine rings is 1. The fourth-order valence-corrected chi connectivity index (χ4v) is 5.77. The Morgan fingerprint density at radius 1 is 1.27 bits per heavy atom. The molecule has 2 N–H and O–H groups in total. The van der Waals surface area contributed by atoms with Crippen molar-refractivity contribution >= 4 is 39.3 Å². The summed E-state index contributed by atoms with van der Waals surface area (Å²) in [4.78, 5) is 23.0. The van der Waals surface area contributed by atoms with Crippen LogP contribution in [0.1, 0.15) is 51.7 Å². The van der Waals surface area contributed by atoms with Gasteiger partial charge in [0.2, 0.25) is 0 Å². The maximum atomic E-state index is 11.3. The SMILES string of the molecule is COc1cccc(C2CCN(C(O)c3nc4sc(C(=O)O)cc4n3C)CC2)c1OCc1ccc(Cl)cn1. The molecule has 0 radical (unpaired) electrons. The summed E-state index contributed by atoms with van der Waals surface area (Å²) in [7, 11) is 3.43. The van der Waals surface area contributed by atoms with E-state index in [1.54, 1.807) is 37.1 Å². The number of halogens is 1. The van der Waals surface area contributed by atoms with Gasteiger partial charge < -0.3 is 24.3 Å². The molecular weight excluding hydrogens is 516 g/mol. The zero-order chi connectivity index (χ0) is 26.1. The molecule has 3 aromatic heterocycles. The van der Waals surface area contributed by atoms with Gasteiger partial charge in [-0.3, -0.25) is 9.88 Å². The highest BCUT2D eigenvalue weighted by atomic mass is 35.5. The van der Waals surface area contributed by atoms with Gasteiger partial charge in [0.15, 0.2) is 23.6 Å². The number of pyridine rings is 1. The third-order valence-electron chi connectivity index (χ3n) is 6.75. The van der Waals surface area contributed by atoms with Crippen LogP contribution in [0, 0.1) is 0 Å². The van der Waals surface area contributed by atoms with E-state index >= 15 is 0 Å². The van der Waals surface area contributed by atoms with Crippen molar-refractivity contribution in [1.29, 1.82) is 0 Å². The molecule has 37 heavy (non-hydrogen) atoms. The molecule has 4 heterocycles. The van der Waals surface area contributed by atoms with Crippen molar-refractivity contribution in [2.75, 3.05) is 20.2 Å². The van der Waals surface area contributed by atoms with E-state index in [9.17, 15) is 15.0 Å². The Morgan fingerprint density at radius 3 is 2.70 bits per heavy atom. The maximum Gasteiger partial charge on any atom is 0.346 e. The quantitative estimate of drug-likeness (QED) is 0.325. The summed E-state index contributed by atoms with van der Waals surface area (Å²) in [6.45, 7) is 1.63. The zero-order valence-corrected chi connectivity index (χ0v) is 22.0. The minimum atomic E-state index is -0.975. The molecule has 1 aliphatic heterocycles. The summed E-state index contributed by atoms with van der Waals surface area (Å²) in [5, 5.41) is 20.9. The lowest BCUT2D eigenvalue weighted by Crippen LogP contribution is -2.37. The van der Waals surface area contributed by atoms with Gasteiger partial charge in [-0.25, -0.2) is 9.78 Å². The van der Waals surface area contributed by atoms with E-state index in [1.165, 1.54) is 0 Å². The number of methoxy groups -OCH3 is 1. The minimum Gasteiger partial charge on any atom is -0.493 e. The first kappa shape index (κ1) is 25.5. The van der Waals surface area contributed by atoms with E-state index in [-0.39, 0.29) is 10.8 Å². The number of benzene rings is 1. The number of carbonyl (C=O) groups is 1. The second-order valence-electron chi connectivity index (χ2n) is 8.95. The van der Waals surface area contributed by atoms with E-state index in [1.807, 2.05) is 23.1 Å². The molecule has 0 aliphatic carbocycles. The topological polar surface area (TPSA) is 110 Å². The van der Waals surface area contributed by atoms with Gasteiger partial charge in [-0.1, -0.05) is 23.7 Å². The van der Waals surface area contributed by atoms with E-state index in [2.05, 4.69) is 16.0 Å². The highest BCUT2D eigenvalue weighted by Crippen LogP contribution is 2.41. The third kappa shape index (κ3) is 5.15. The normalized spacial score (nSPS) is 15.7. The number of hydrogen-bond acceptors (Lipinski definition) is 8. The molecule has 1 saturated heterocycles. The Kier molecular flexibility index (Phi) is 7.34. The van der Waals surface area contributed by atoms with Gasteiger partial charge in [-0.15, -0.1) is 11.3 Å². The predicted molar refractivity (Wildman–Crippen MR) is 141 cm³/mol. The number of aromatic carboxylic acids is 1. The first-order valence-electron chi connectivity index (χ1n) is 11.9. The standard InChI is InChI=1S/C26H27ClN4O5S/c1-30-19-12-21(26(33)34)37-24(19)29-23(30)25(32)31-10-8-15(9-11-31)18-4-3-5-20(35-2)22(18)36-14-17-7-6-16(27)13-28-17/h3-7,12-13,15,25,32H,8-11,14H2,1-2H3,(H,33,34). The van der Waals surface area contributed by atoms with Crippen molar-refractivity contribution in [1.82, 2.24) is 19.4 Å². The lowest BCUT2D eigenvalue weighted by molar-refractivity contribution is -0.0208. The first-order valence-corrected chi connectivity index (χ1v) is 13.1. The van der Waals surface area contributed by atoms with Crippen molar-refractivity contribution in [3.63, 3.8) is 0 Å². The number of likely N-dealkylation sites (tertiary alicyclic amines) is 1. The van der Waals surface area contributed by atoms with Crippen LogP contribution in [0.5, 0.6) is 11.5 Å². The van der Waals surface area contributed by atoms with Gasteiger partial charge in [-0.05, 0) is 43.0 Å². The Balaban J connectivity index is 1.29. The van der Waals surface area contributed by atoms with E-state index in [0.717, 1.165) is 35.4 Å². The molecule has 4 aromatic rings. The highest BCUT2D eigenvalue weighted by molar-refractivity contribution is 7.20. The highest BCUT2D eigenvalue weighted by Gasteiger charge is 2.31. The number of fused-ring (bicyclic) bond motifs is 1. The number of carboxylic acid groups (broad SMARTS) is 1. The smallest absolute Gasteiger partial charge is 0.346 e. The third-order valence-corrected chi connectivity index (χ3v) is 7.98. The van der Waals surface area contributed by atoms with Gasteiger partial charge in [0.05, 0.1) is 23.3 Å². The lowest BCUT2D eigenvalue weighted by Gasteiger charge is -2.35. The second-order valence-corrected chi connectivity index (χ2v) is 10.4. The van der Waals surface area contributed by atoms with Gasteiger partial charge in [0.1, 0.15) is 16.3 Å². The number of para-hydroxylation sites is 1. The Labute approximate surface area is 222 Å². The number of carboxylic acids is 1. The van der Waals surface area contributed by atoms with Gasteiger partial charge in [0.25, 0.3) is 0 Å². The van der Waals surface area contributed by atoms with Crippen molar-refractivity contribution in [2.24, 2.45) is 7.05 Å². The number of aryl methyl sites for hydroxylation is 1. The maximum absolute atomic E-state index is 11.3. The predicted octanol–water partition coefficient (Wildman–Crippen LogP) is 4.84. The molecule has 9 nitrogen and oxygen atoms in total. The van der Waals surface area contributed by atoms with Crippen LogP contribution in [-0.2, 0) is 13.7 Å². The number of rotatable bonds is 8. The average molecular weight is 543 g/mol. The van der Waals surface area contributed by atoms with Crippen molar-refractivity contribution in [2.45, 2.75) is 31.6 Å². The minimum absolute atomic E-state index is 0.231. The number of imidazole rings is 1. The molecular formula is C26H27ClN4O5S. The number of aliphatic hydroxyl groups is 1. The van der Waals surface area contributed by atoms with Crippen LogP contribution in [0.4, 0.5) is 0 Å². The monoisotopic (exact) mass is 542 g/mol. The molecule has 0 amide bonds. The van der Waals surface area contributed by atoms with Crippen LogP contribution in [0.2, 0.25) is 5.02 Å². The summed E-state index contributed by atoms with van der Waals surface area (Å²) in [5.74, 6) is 1.15. The van der Waals surface area contributed by atoms with Crippen molar-refractivity contribution in [3.05, 3.63) is 69.6 Å². The molecule has 0 spiro atoms. The van der Waals surface area contributed by atoms with Crippen LogP contribution in [0.25, 0.3) is 10.3 Å². The Morgan fingerprint density at radius 2 is 2.05 bits per heavy atom. The summed E-state index contributed by atoms with van der Waals surface area (Å²) < 4.78 is 13.6. The molecule has 0 saturated carbocycles. The van der Waals surface area contributed by atoms with Gasteiger partial charge >= 0.3 is 5.97 Å². The Bertz CT molecular complexity index is 1410. The van der Waals surface area contributed by atoms with Crippen LogP contribution in [-0.4, -0.2) is 55.8 Å². The molecule has 1 atom stereocenters. The molecule has 1 unspecified atom stereocenters. The second kappa shape index (κ2) is 10.7. The largest absolute Gasteiger partial charge is 0.493 e. The summed E-state index contributed by atoms with van der Waals surface area (Å²) in [6.07, 6.45) is 2.36. The number of aliphatic hydroxyl groups excluding tert-OH is 1. The van der Waals surface area contributed by atoms with Crippen LogP contribution in [0.3, 0.4) is 0 Å². The molecule has 1 fully saturated rings. The lowest BCUT2D eigenvalue weighted by atomic mass is 9.88. The number of aromatic nitrogens is 3. The first-order chi connectivity index (χ1) is 17.9. The molecule has 1 aliphatic rings. The summed E-state index contributed by atoms with van der Waals surface area (Å²) in [6, 6.07) is 11.1. The molecule has 5 rings (SSSR count). The molecule has 0 bridgehead atoms. The van der Waals surface area contributed by atoms with Crippen molar-refractivity contribution < 1.29 is 24.5 Å². The van der Waals surface area contributed by atoms with Gasteiger partial charge in [-0.2, -0.15) is 0 Å². The zero-order valence-electron chi connectivity index (χ0n) is 20.4. The number of nitrogens with zero attached hydrogens (tertiary/aromatic N) is 4. The van der Waals surface area contributed by atoms with Crippen molar-refractivity contribution in [3.8, 4) is 11.5 Å². The fourth-order valence-electron chi connectivity index (χ4n) is 4.76. The number of hydrogen-bond donors (Lipinski definition) is 2. The van der Waals surface area contributed by atoms with Crippen LogP contribution >= 0.6 is 22.9 Å². The number of thiophene rings is 1. The number of ether oxygens (including phenoxy) is 2. The average Bonchev–Trinajstić information content (AvgIpc) is 3.47.